The summed E-state index contributed by atoms with van der Waals surface area (Å²) in [6.45, 7) is 6.30. The van der Waals surface area contributed by atoms with Crippen LogP contribution >= 0.6 is 0 Å². The quantitative estimate of drug-likeness (QED) is 0.0262. The van der Waals surface area contributed by atoms with E-state index >= 15 is 0 Å². The van der Waals surface area contributed by atoms with Crippen LogP contribution in [0.15, 0.2) is 109 Å². The summed E-state index contributed by atoms with van der Waals surface area (Å²) < 4.78 is 16.8. The van der Waals surface area contributed by atoms with E-state index in [0.29, 0.717) is 19.3 Å². The Kier molecular flexibility index (Phi) is 48.5. The Morgan fingerprint density at radius 3 is 0.984 bits per heavy atom. The van der Waals surface area contributed by atoms with E-state index in [4.69, 9.17) is 14.2 Å². The van der Waals surface area contributed by atoms with Gasteiger partial charge in [0.2, 0.25) is 0 Å². The normalized spacial score (nSPS) is 13.0. The zero-order valence-corrected chi connectivity index (χ0v) is 41.3. The Hall–Kier alpha value is -3.93. The van der Waals surface area contributed by atoms with Crippen molar-refractivity contribution in [1.82, 2.24) is 0 Å². The summed E-state index contributed by atoms with van der Waals surface area (Å²) in [5, 5.41) is 0. The summed E-state index contributed by atoms with van der Waals surface area (Å²) in [4.78, 5) is 38.0. The standard InChI is InChI=1S/C58H94O6/c1-4-7-10-13-16-19-22-25-28-31-33-36-39-42-45-48-51-57(60)63-54-55(64-58(61)52-49-46-43-40-37-34-30-27-24-21-18-15-12-9-6-3)53-62-56(59)50-47-44-41-38-35-32-29-26-23-20-17-14-11-8-5-2/h8-9,11-12,14-15,17-18,20-21,23-24,27-28,30-31,33,36,55H,4-7,10,13,16,19,22,25-26,29,32,34-35,37-54H2,1-3H3/b11-8-,12-9-,17-14-,18-15-,23-20-,24-21-,30-27-,31-28-,36-33-. The fourth-order valence-corrected chi connectivity index (χ4v) is 6.80. The van der Waals surface area contributed by atoms with Crippen molar-refractivity contribution in [3.63, 3.8) is 0 Å². The first kappa shape index (κ1) is 60.1. The van der Waals surface area contributed by atoms with Gasteiger partial charge in [0, 0.05) is 19.3 Å². The van der Waals surface area contributed by atoms with Gasteiger partial charge in [-0.1, -0.05) is 226 Å². The highest BCUT2D eigenvalue weighted by atomic mass is 16.6. The summed E-state index contributed by atoms with van der Waals surface area (Å²) in [7, 11) is 0. The Labute approximate surface area is 393 Å². The molecule has 0 bridgehead atoms. The van der Waals surface area contributed by atoms with Crippen molar-refractivity contribution < 1.29 is 28.6 Å². The van der Waals surface area contributed by atoms with Gasteiger partial charge in [-0.3, -0.25) is 14.4 Å². The van der Waals surface area contributed by atoms with E-state index in [1.165, 1.54) is 70.6 Å². The third-order valence-electron chi connectivity index (χ3n) is 10.7. The second-order valence-corrected chi connectivity index (χ2v) is 16.8. The number of carbonyl (C=O) groups is 3. The van der Waals surface area contributed by atoms with Crippen molar-refractivity contribution in [2.75, 3.05) is 13.2 Å². The van der Waals surface area contributed by atoms with Crippen LogP contribution in [0.3, 0.4) is 0 Å². The average molecular weight is 887 g/mol. The number of esters is 3. The molecule has 0 aromatic rings. The molecule has 6 nitrogen and oxygen atoms in total. The molecule has 0 spiro atoms. The van der Waals surface area contributed by atoms with E-state index in [0.717, 1.165) is 109 Å². The molecule has 0 aromatic heterocycles. The van der Waals surface area contributed by atoms with Crippen molar-refractivity contribution in [3.05, 3.63) is 109 Å². The summed E-state index contributed by atoms with van der Waals surface area (Å²) in [6, 6.07) is 0. The lowest BCUT2D eigenvalue weighted by Crippen LogP contribution is -2.30. The highest BCUT2D eigenvalue weighted by Crippen LogP contribution is 2.13. The van der Waals surface area contributed by atoms with Gasteiger partial charge in [-0.15, -0.1) is 0 Å². The van der Waals surface area contributed by atoms with Gasteiger partial charge in [-0.05, 0) is 83.5 Å². The SMILES string of the molecule is CC\C=C/C=C\C=C/C=C\CCCCCCCC(=O)OC(COC(=O)CCCCC/C=C\C=C/CCCCCCCCC)COC(=O)CCCCCCCCC\C=C/C=C\C=C/CC. The Bertz CT molecular complexity index is 1340. The molecule has 0 aliphatic rings. The minimum atomic E-state index is -0.808. The second-order valence-electron chi connectivity index (χ2n) is 16.8. The maximum Gasteiger partial charge on any atom is 0.306 e. The lowest BCUT2D eigenvalue weighted by atomic mass is 10.1. The fourth-order valence-electron chi connectivity index (χ4n) is 6.80. The van der Waals surface area contributed by atoms with E-state index in [2.05, 4.69) is 106 Å². The number of carbonyl (C=O) groups excluding carboxylic acids is 3. The molecule has 0 rings (SSSR count). The van der Waals surface area contributed by atoms with E-state index in [9.17, 15) is 14.4 Å². The van der Waals surface area contributed by atoms with Crippen LogP contribution in [0.25, 0.3) is 0 Å². The van der Waals surface area contributed by atoms with E-state index in [1.54, 1.807) is 0 Å². The molecule has 1 atom stereocenters. The highest BCUT2D eigenvalue weighted by molar-refractivity contribution is 5.71. The second kappa shape index (κ2) is 51.7. The topological polar surface area (TPSA) is 78.9 Å². The molecule has 0 radical (unpaired) electrons. The highest BCUT2D eigenvalue weighted by Gasteiger charge is 2.19. The van der Waals surface area contributed by atoms with Crippen LogP contribution in [0.4, 0.5) is 0 Å². The van der Waals surface area contributed by atoms with Crippen LogP contribution in [0.1, 0.15) is 220 Å². The zero-order chi connectivity index (χ0) is 46.5. The Balaban J connectivity index is 4.51. The van der Waals surface area contributed by atoms with Crippen molar-refractivity contribution in [1.29, 1.82) is 0 Å². The number of unbranched alkanes of at least 4 members (excludes halogenated alkanes) is 22. The summed E-state index contributed by atoms with van der Waals surface area (Å²) in [6.07, 6.45) is 69.2. The fraction of sp³-hybridized carbons (Fsp3) is 0.638. The van der Waals surface area contributed by atoms with E-state index < -0.39 is 6.10 Å². The molecule has 362 valence electrons. The predicted octanol–water partition coefficient (Wildman–Crippen LogP) is 17.1. The molecule has 0 aliphatic heterocycles. The van der Waals surface area contributed by atoms with Gasteiger partial charge in [-0.2, -0.15) is 0 Å². The first-order valence-electron chi connectivity index (χ1n) is 26.0. The zero-order valence-electron chi connectivity index (χ0n) is 41.3. The number of rotatable bonds is 45. The lowest BCUT2D eigenvalue weighted by Gasteiger charge is -2.18. The molecule has 0 saturated heterocycles. The number of hydrogen-bond donors (Lipinski definition) is 0. The first-order chi connectivity index (χ1) is 31.5. The van der Waals surface area contributed by atoms with E-state index in [-0.39, 0.29) is 31.1 Å². The molecule has 1 unspecified atom stereocenters. The van der Waals surface area contributed by atoms with Crippen LogP contribution in [-0.2, 0) is 28.6 Å². The van der Waals surface area contributed by atoms with Crippen molar-refractivity contribution in [3.8, 4) is 0 Å². The summed E-state index contributed by atoms with van der Waals surface area (Å²) in [5.41, 5.74) is 0. The third-order valence-corrected chi connectivity index (χ3v) is 10.7. The molecule has 0 saturated carbocycles. The molecule has 0 N–H and O–H groups in total. The Morgan fingerprint density at radius 2 is 0.609 bits per heavy atom. The molecule has 0 fully saturated rings. The van der Waals surface area contributed by atoms with Gasteiger partial charge in [0.1, 0.15) is 13.2 Å². The minimum Gasteiger partial charge on any atom is -0.462 e. The molecule has 6 heteroatoms. The number of ether oxygens (including phenoxy) is 3. The van der Waals surface area contributed by atoms with Gasteiger partial charge in [0.25, 0.3) is 0 Å². The van der Waals surface area contributed by atoms with Crippen LogP contribution < -0.4 is 0 Å². The molecule has 0 aliphatic carbocycles. The molecular formula is C58H94O6. The van der Waals surface area contributed by atoms with Crippen molar-refractivity contribution in [2.24, 2.45) is 0 Å². The molecule has 0 amide bonds. The largest absolute Gasteiger partial charge is 0.462 e. The van der Waals surface area contributed by atoms with Gasteiger partial charge < -0.3 is 14.2 Å². The molecule has 0 aromatic carbocycles. The van der Waals surface area contributed by atoms with Gasteiger partial charge >= 0.3 is 17.9 Å². The van der Waals surface area contributed by atoms with Crippen LogP contribution in [0.5, 0.6) is 0 Å². The lowest BCUT2D eigenvalue weighted by molar-refractivity contribution is -0.167. The monoisotopic (exact) mass is 887 g/mol. The average Bonchev–Trinajstić information content (AvgIpc) is 3.29. The van der Waals surface area contributed by atoms with Crippen LogP contribution in [0.2, 0.25) is 0 Å². The number of hydrogen-bond acceptors (Lipinski definition) is 6. The van der Waals surface area contributed by atoms with Crippen molar-refractivity contribution >= 4 is 17.9 Å². The maximum absolute atomic E-state index is 12.8. The minimum absolute atomic E-state index is 0.105. The molecular weight excluding hydrogens is 793 g/mol. The van der Waals surface area contributed by atoms with Gasteiger partial charge in [0.15, 0.2) is 6.10 Å². The van der Waals surface area contributed by atoms with E-state index in [1.807, 2.05) is 24.3 Å². The Morgan fingerprint density at radius 1 is 0.328 bits per heavy atom. The van der Waals surface area contributed by atoms with Crippen molar-refractivity contribution in [2.45, 2.75) is 226 Å². The third kappa shape index (κ3) is 49.1. The smallest absolute Gasteiger partial charge is 0.306 e. The van der Waals surface area contributed by atoms with Crippen LogP contribution in [-0.4, -0.2) is 37.2 Å². The van der Waals surface area contributed by atoms with Gasteiger partial charge in [0.05, 0.1) is 0 Å². The molecule has 64 heavy (non-hydrogen) atoms. The first-order valence-corrected chi connectivity index (χ1v) is 26.0. The maximum atomic E-state index is 12.8. The number of allylic oxidation sites excluding steroid dienone is 18. The molecule has 0 heterocycles. The van der Waals surface area contributed by atoms with Gasteiger partial charge in [-0.25, -0.2) is 0 Å². The summed E-state index contributed by atoms with van der Waals surface area (Å²) >= 11 is 0. The summed E-state index contributed by atoms with van der Waals surface area (Å²) in [5.74, 6) is -0.971. The van der Waals surface area contributed by atoms with Crippen LogP contribution in [0, 0.1) is 0 Å². The predicted molar refractivity (Wildman–Crippen MR) is 274 cm³/mol.